The average Bonchev–Trinajstić information content (AvgIpc) is 2.15. The molecule has 82 valence electrons. The average molecular weight is 218 g/mol. The highest BCUT2D eigenvalue weighted by Gasteiger charge is 2.17. The van der Waals surface area contributed by atoms with Gasteiger partial charge in [0.25, 0.3) is 0 Å². The van der Waals surface area contributed by atoms with Gasteiger partial charge in [0, 0.05) is 26.1 Å². The van der Waals surface area contributed by atoms with Crippen LogP contribution in [0.2, 0.25) is 0 Å². The molecule has 1 aliphatic rings. The van der Waals surface area contributed by atoms with Crippen LogP contribution in [0.1, 0.15) is 6.42 Å². The molecule has 0 aliphatic carbocycles. The van der Waals surface area contributed by atoms with Gasteiger partial charge >= 0.3 is 0 Å². The number of carbonyl (C=O) groups excluding carboxylic acids is 1. The molecular weight excluding hydrogens is 200 g/mol. The van der Waals surface area contributed by atoms with Gasteiger partial charge < -0.3 is 15.0 Å². The molecule has 1 unspecified atom stereocenters. The Morgan fingerprint density at radius 2 is 2.50 bits per heavy atom. The number of carbonyl (C=O) groups is 1. The zero-order chi connectivity index (χ0) is 10.4. The number of thiol groups is 1. The second-order valence-electron chi connectivity index (χ2n) is 3.53. The number of rotatable bonds is 4. The van der Waals surface area contributed by atoms with E-state index in [4.69, 9.17) is 4.74 Å². The van der Waals surface area contributed by atoms with Gasteiger partial charge in [-0.2, -0.15) is 12.6 Å². The number of morpholine rings is 1. The van der Waals surface area contributed by atoms with Crippen molar-refractivity contribution in [2.75, 3.05) is 39.0 Å². The third-order valence-electron chi connectivity index (χ3n) is 2.21. The van der Waals surface area contributed by atoms with Crippen LogP contribution in [0.25, 0.3) is 0 Å². The molecule has 14 heavy (non-hydrogen) atoms. The van der Waals surface area contributed by atoms with Crippen LogP contribution in [0, 0.1) is 0 Å². The zero-order valence-electron chi connectivity index (χ0n) is 8.53. The Kier molecular flexibility index (Phi) is 5.29. The Morgan fingerprint density at radius 1 is 1.71 bits per heavy atom. The third-order valence-corrected chi connectivity index (χ3v) is 2.43. The Labute approximate surface area is 90.4 Å². The molecule has 5 heteroatoms. The van der Waals surface area contributed by atoms with Crippen molar-refractivity contribution in [2.45, 2.75) is 12.5 Å². The lowest BCUT2D eigenvalue weighted by atomic mass is 10.3. The summed E-state index contributed by atoms with van der Waals surface area (Å²) in [6.45, 7) is 3.22. The molecule has 0 aromatic carbocycles. The third kappa shape index (κ3) is 4.30. The van der Waals surface area contributed by atoms with Gasteiger partial charge in [-0.15, -0.1) is 0 Å². The summed E-state index contributed by atoms with van der Waals surface area (Å²) in [5.41, 5.74) is 0. The standard InChI is InChI=1S/C9H18N2O2S/c1-11-3-4-13-8(7-11)6-10-9(12)2-5-14/h8,14H,2-7H2,1H3,(H,10,12). The monoisotopic (exact) mass is 218 g/mol. The second kappa shape index (κ2) is 6.27. The molecule has 4 nitrogen and oxygen atoms in total. The molecule has 0 radical (unpaired) electrons. The number of ether oxygens (including phenoxy) is 1. The number of hydrogen-bond donors (Lipinski definition) is 2. The first-order valence-electron chi connectivity index (χ1n) is 4.90. The Hall–Kier alpha value is -0.260. The van der Waals surface area contributed by atoms with E-state index in [1.807, 2.05) is 0 Å². The summed E-state index contributed by atoms with van der Waals surface area (Å²) in [6, 6.07) is 0. The molecule has 1 atom stereocenters. The molecule has 0 bridgehead atoms. The van der Waals surface area contributed by atoms with E-state index in [9.17, 15) is 4.79 Å². The van der Waals surface area contributed by atoms with Crippen molar-refractivity contribution in [1.29, 1.82) is 0 Å². The van der Waals surface area contributed by atoms with Crippen molar-refractivity contribution in [3.05, 3.63) is 0 Å². The molecule has 0 saturated carbocycles. The Bertz CT molecular complexity index is 190. The zero-order valence-corrected chi connectivity index (χ0v) is 9.43. The van der Waals surface area contributed by atoms with E-state index in [2.05, 4.69) is 29.9 Å². The summed E-state index contributed by atoms with van der Waals surface area (Å²) in [5, 5.41) is 2.83. The van der Waals surface area contributed by atoms with Crippen LogP contribution in [-0.4, -0.2) is 56.0 Å². The topological polar surface area (TPSA) is 41.6 Å². The van der Waals surface area contributed by atoms with E-state index in [0.717, 1.165) is 19.7 Å². The molecule has 0 aromatic heterocycles. The number of nitrogens with zero attached hydrogens (tertiary/aromatic N) is 1. The summed E-state index contributed by atoms with van der Waals surface area (Å²) >= 11 is 3.99. The van der Waals surface area contributed by atoms with E-state index in [1.54, 1.807) is 0 Å². The smallest absolute Gasteiger partial charge is 0.220 e. The van der Waals surface area contributed by atoms with Crippen LogP contribution in [-0.2, 0) is 9.53 Å². The highest BCUT2D eigenvalue weighted by molar-refractivity contribution is 7.80. The molecule has 0 spiro atoms. The molecule has 1 heterocycles. The van der Waals surface area contributed by atoms with Gasteiger partial charge in [-0.25, -0.2) is 0 Å². The number of likely N-dealkylation sites (N-methyl/N-ethyl adjacent to an activating group) is 1. The van der Waals surface area contributed by atoms with Crippen LogP contribution >= 0.6 is 12.6 Å². The van der Waals surface area contributed by atoms with Crippen LogP contribution < -0.4 is 5.32 Å². The molecular formula is C9H18N2O2S. The molecule has 1 N–H and O–H groups in total. The lowest BCUT2D eigenvalue weighted by Crippen LogP contribution is -2.45. The highest BCUT2D eigenvalue weighted by Crippen LogP contribution is 2.01. The largest absolute Gasteiger partial charge is 0.374 e. The van der Waals surface area contributed by atoms with Crippen molar-refractivity contribution in [3.8, 4) is 0 Å². The SMILES string of the molecule is CN1CCOC(CNC(=O)CCS)C1. The van der Waals surface area contributed by atoms with Gasteiger partial charge in [0.05, 0.1) is 12.7 Å². The molecule has 1 amide bonds. The van der Waals surface area contributed by atoms with Crippen LogP contribution in [0.5, 0.6) is 0 Å². The highest BCUT2D eigenvalue weighted by atomic mass is 32.1. The quantitative estimate of drug-likeness (QED) is 0.640. The Balaban J connectivity index is 2.14. The fraction of sp³-hybridized carbons (Fsp3) is 0.889. The predicted octanol–water partition coefficient (Wildman–Crippen LogP) is -0.247. The summed E-state index contributed by atoms with van der Waals surface area (Å²) in [4.78, 5) is 13.3. The van der Waals surface area contributed by atoms with E-state index < -0.39 is 0 Å². The fourth-order valence-electron chi connectivity index (χ4n) is 1.41. The van der Waals surface area contributed by atoms with Crippen molar-refractivity contribution in [2.24, 2.45) is 0 Å². The van der Waals surface area contributed by atoms with Crippen molar-refractivity contribution < 1.29 is 9.53 Å². The van der Waals surface area contributed by atoms with Gasteiger partial charge in [0.1, 0.15) is 0 Å². The normalized spacial score (nSPS) is 23.4. The van der Waals surface area contributed by atoms with Gasteiger partial charge in [-0.1, -0.05) is 0 Å². The molecule has 1 aliphatic heterocycles. The van der Waals surface area contributed by atoms with Crippen LogP contribution in [0.15, 0.2) is 0 Å². The van der Waals surface area contributed by atoms with E-state index in [1.165, 1.54) is 0 Å². The first-order valence-corrected chi connectivity index (χ1v) is 5.53. The van der Waals surface area contributed by atoms with E-state index in [-0.39, 0.29) is 12.0 Å². The van der Waals surface area contributed by atoms with Crippen LogP contribution in [0.3, 0.4) is 0 Å². The first kappa shape index (κ1) is 11.8. The number of hydrogen-bond acceptors (Lipinski definition) is 4. The molecule has 1 rings (SSSR count). The van der Waals surface area contributed by atoms with E-state index in [0.29, 0.717) is 18.7 Å². The van der Waals surface area contributed by atoms with Gasteiger partial charge in [0.2, 0.25) is 5.91 Å². The van der Waals surface area contributed by atoms with Gasteiger partial charge in [0.15, 0.2) is 0 Å². The Morgan fingerprint density at radius 3 is 3.14 bits per heavy atom. The minimum Gasteiger partial charge on any atom is -0.374 e. The molecule has 1 fully saturated rings. The number of nitrogens with one attached hydrogen (secondary N) is 1. The van der Waals surface area contributed by atoms with Gasteiger partial charge in [-0.05, 0) is 12.8 Å². The molecule has 1 saturated heterocycles. The minimum absolute atomic E-state index is 0.0526. The van der Waals surface area contributed by atoms with Crippen molar-refractivity contribution in [1.82, 2.24) is 10.2 Å². The van der Waals surface area contributed by atoms with E-state index >= 15 is 0 Å². The lowest BCUT2D eigenvalue weighted by molar-refractivity contribution is -0.121. The summed E-state index contributed by atoms with van der Waals surface area (Å²) in [6.07, 6.45) is 0.615. The minimum atomic E-state index is 0.0526. The number of amides is 1. The lowest BCUT2D eigenvalue weighted by Gasteiger charge is -2.30. The summed E-state index contributed by atoms with van der Waals surface area (Å²) < 4.78 is 5.50. The van der Waals surface area contributed by atoms with Gasteiger partial charge in [-0.3, -0.25) is 4.79 Å². The maximum atomic E-state index is 11.1. The maximum Gasteiger partial charge on any atom is 0.220 e. The second-order valence-corrected chi connectivity index (χ2v) is 3.98. The fourth-order valence-corrected chi connectivity index (χ4v) is 1.61. The predicted molar refractivity (Wildman–Crippen MR) is 58.7 cm³/mol. The summed E-state index contributed by atoms with van der Waals surface area (Å²) in [5.74, 6) is 0.647. The maximum absolute atomic E-state index is 11.1. The summed E-state index contributed by atoms with van der Waals surface area (Å²) in [7, 11) is 2.06. The first-order chi connectivity index (χ1) is 6.72. The van der Waals surface area contributed by atoms with Crippen LogP contribution in [0.4, 0.5) is 0 Å². The van der Waals surface area contributed by atoms with Crippen molar-refractivity contribution >= 4 is 18.5 Å². The van der Waals surface area contributed by atoms with Crippen molar-refractivity contribution in [3.63, 3.8) is 0 Å². The molecule has 0 aromatic rings.